The van der Waals surface area contributed by atoms with Crippen LogP contribution < -0.4 is 10.2 Å². The van der Waals surface area contributed by atoms with Gasteiger partial charge in [-0.05, 0) is 54.5 Å². The molecule has 0 aliphatic carbocycles. The van der Waals surface area contributed by atoms with Gasteiger partial charge in [0.2, 0.25) is 0 Å². The Morgan fingerprint density at radius 2 is 1.58 bits per heavy atom. The third-order valence-electron chi connectivity index (χ3n) is 5.96. The number of carbonyl (C=O) groups is 3. The van der Waals surface area contributed by atoms with Gasteiger partial charge in [0.05, 0.1) is 11.4 Å². The average Bonchev–Trinajstić information content (AvgIpc) is 3.34. The first-order valence-electron chi connectivity index (χ1n) is 10.2. The summed E-state index contributed by atoms with van der Waals surface area (Å²) >= 11 is 1.40. The minimum atomic E-state index is -1.15. The quantitative estimate of drug-likeness (QED) is 0.638. The SMILES string of the molecule is CC1(c2cccs2)NC(=O)N(CC(=O)N2c3ccccc3CCc3ccccc32)C1=O. The number of amides is 4. The lowest BCUT2D eigenvalue weighted by molar-refractivity contribution is -0.133. The van der Waals surface area contributed by atoms with E-state index in [2.05, 4.69) is 5.32 Å². The summed E-state index contributed by atoms with van der Waals surface area (Å²) in [4.78, 5) is 42.9. The lowest BCUT2D eigenvalue weighted by Gasteiger charge is -2.27. The maximum absolute atomic E-state index is 13.6. The van der Waals surface area contributed by atoms with E-state index in [0.717, 1.165) is 45.1 Å². The molecule has 0 radical (unpaired) electrons. The van der Waals surface area contributed by atoms with E-state index in [4.69, 9.17) is 0 Å². The van der Waals surface area contributed by atoms with Crippen LogP contribution in [-0.4, -0.2) is 29.3 Å². The second kappa shape index (κ2) is 7.35. The molecule has 0 saturated carbocycles. The van der Waals surface area contributed by atoms with Crippen molar-refractivity contribution in [3.05, 3.63) is 82.0 Å². The molecular weight excluding hydrogens is 410 g/mol. The number of rotatable bonds is 3. The monoisotopic (exact) mass is 431 g/mol. The van der Waals surface area contributed by atoms with Gasteiger partial charge in [-0.2, -0.15) is 0 Å². The highest BCUT2D eigenvalue weighted by Crippen LogP contribution is 2.37. The van der Waals surface area contributed by atoms with E-state index in [1.54, 1.807) is 11.8 Å². The van der Waals surface area contributed by atoms with Crippen molar-refractivity contribution in [1.29, 1.82) is 0 Å². The largest absolute Gasteiger partial charge is 0.325 e. The maximum Gasteiger partial charge on any atom is 0.325 e. The van der Waals surface area contributed by atoms with Crippen molar-refractivity contribution in [2.75, 3.05) is 11.4 Å². The molecular formula is C24H21N3O3S. The van der Waals surface area contributed by atoms with Crippen LogP contribution in [0, 0.1) is 0 Å². The number of hydrogen-bond donors (Lipinski definition) is 1. The average molecular weight is 432 g/mol. The second-order valence-electron chi connectivity index (χ2n) is 7.91. The fourth-order valence-electron chi connectivity index (χ4n) is 4.33. The first-order valence-corrected chi connectivity index (χ1v) is 11.0. The molecule has 4 amide bonds. The zero-order valence-corrected chi connectivity index (χ0v) is 17.8. The van der Waals surface area contributed by atoms with E-state index in [1.807, 2.05) is 66.0 Å². The van der Waals surface area contributed by atoms with Crippen LogP contribution in [0.25, 0.3) is 0 Å². The Kier molecular flexibility index (Phi) is 4.63. The second-order valence-corrected chi connectivity index (χ2v) is 8.86. The molecule has 31 heavy (non-hydrogen) atoms. The first-order chi connectivity index (χ1) is 15.0. The van der Waals surface area contributed by atoms with Crippen molar-refractivity contribution >= 4 is 40.6 Å². The summed E-state index contributed by atoms with van der Waals surface area (Å²) in [6.45, 7) is 1.36. The van der Waals surface area contributed by atoms with Gasteiger partial charge >= 0.3 is 6.03 Å². The van der Waals surface area contributed by atoms with Crippen LogP contribution in [0.2, 0.25) is 0 Å². The molecule has 3 aromatic rings. The van der Waals surface area contributed by atoms with Gasteiger partial charge in [-0.25, -0.2) is 4.79 Å². The van der Waals surface area contributed by atoms with Crippen molar-refractivity contribution in [2.24, 2.45) is 0 Å². The Bertz CT molecular complexity index is 1140. The topological polar surface area (TPSA) is 69.7 Å². The number of fused-ring (bicyclic) bond motifs is 2. The Balaban J connectivity index is 1.50. The van der Waals surface area contributed by atoms with Gasteiger partial charge in [0.25, 0.3) is 11.8 Å². The fraction of sp³-hybridized carbons (Fsp3) is 0.208. The van der Waals surface area contributed by atoms with E-state index in [0.29, 0.717) is 0 Å². The van der Waals surface area contributed by atoms with Crippen LogP contribution in [0.15, 0.2) is 66.0 Å². The minimum Gasteiger partial charge on any atom is -0.319 e. The normalized spacial score (nSPS) is 20.2. The number of nitrogens with zero attached hydrogens (tertiary/aromatic N) is 2. The van der Waals surface area contributed by atoms with E-state index in [-0.39, 0.29) is 12.5 Å². The molecule has 1 atom stereocenters. The standard InChI is InChI=1S/C24H21N3O3S/c1-24(20-11-6-14-31-20)22(29)26(23(30)25-24)15-21(28)27-18-9-4-2-7-16(18)12-13-17-8-3-5-10-19(17)27/h2-11,14H,12-13,15H2,1H3,(H,25,30). The molecule has 1 fully saturated rings. The molecule has 1 N–H and O–H groups in total. The third kappa shape index (κ3) is 3.13. The summed E-state index contributed by atoms with van der Waals surface area (Å²) < 4.78 is 0. The summed E-state index contributed by atoms with van der Waals surface area (Å²) in [6, 6.07) is 18.7. The zero-order valence-electron chi connectivity index (χ0n) is 17.0. The highest BCUT2D eigenvalue weighted by molar-refractivity contribution is 7.10. The minimum absolute atomic E-state index is 0.319. The summed E-state index contributed by atoms with van der Waals surface area (Å²) in [7, 11) is 0. The van der Waals surface area contributed by atoms with E-state index < -0.39 is 17.5 Å². The molecule has 2 aromatic carbocycles. The number of hydrogen-bond acceptors (Lipinski definition) is 4. The van der Waals surface area contributed by atoms with Crippen molar-refractivity contribution in [3.8, 4) is 0 Å². The Labute approximate surface area is 184 Å². The Hall–Kier alpha value is -3.45. The number of urea groups is 1. The predicted molar refractivity (Wildman–Crippen MR) is 119 cm³/mol. The number of aryl methyl sites for hydroxylation is 2. The molecule has 1 saturated heterocycles. The molecule has 0 bridgehead atoms. The van der Waals surface area contributed by atoms with Crippen molar-refractivity contribution in [1.82, 2.24) is 10.2 Å². The molecule has 1 unspecified atom stereocenters. The molecule has 2 aliphatic heterocycles. The highest BCUT2D eigenvalue weighted by Gasteiger charge is 2.50. The van der Waals surface area contributed by atoms with E-state index in [9.17, 15) is 14.4 Å². The highest BCUT2D eigenvalue weighted by atomic mass is 32.1. The first kappa shape index (κ1) is 19.5. The number of carbonyl (C=O) groups excluding carboxylic acids is 3. The van der Waals surface area contributed by atoms with Crippen molar-refractivity contribution in [3.63, 3.8) is 0 Å². The van der Waals surface area contributed by atoms with Crippen LogP contribution in [0.1, 0.15) is 22.9 Å². The number of nitrogens with one attached hydrogen (secondary N) is 1. The van der Waals surface area contributed by atoms with Crippen LogP contribution in [-0.2, 0) is 28.0 Å². The van der Waals surface area contributed by atoms with Crippen molar-refractivity contribution < 1.29 is 14.4 Å². The molecule has 156 valence electrons. The molecule has 7 heteroatoms. The summed E-state index contributed by atoms with van der Waals surface area (Å²) in [5, 5.41) is 4.63. The maximum atomic E-state index is 13.6. The predicted octanol–water partition coefficient (Wildman–Crippen LogP) is 3.98. The van der Waals surface area contributed by atoms with Crippen LogP contribution >= 0.6 is 11.3 Å². The van der Waals surface area contributed by atoms with Crippen LogP contribution in [0.3, 0.4) is 0 Å². The smallest absolute Gasteiger partial charge is 0.319 e. The Morgan fingerprint density at radius 1 is 0.968 bits per heavy atom. The summed E-state index contributed by atoms with van der Waals surface area (Å²) in [6.07, 6.45) is 1.63. The lowest BCUT2D eigenvalue weighted by atomic mass is 10.0. The van der Waals surface area contributed by atoms with Gasteiger partial charge in [-0.3, -0.25) is 19.4 Å². The van der Waals surface area contributed by atoms with Crippen LogP contribution in [0.4, 0.5) is 16.2 Å². The van der Waals surface area contributed by atoms with Crippen LogP contribution in [0.5, 0.6) is 0 Å². The van der Waals surface area contributed by atoms with Gasteiger partial charge in [0.1, 0.15) is 6.54 Å². The third-order valence-corrected chi connectivity index (χ3v) is 7.05. The molecule has 0 spiro atoms. The lowest BCUT2D eigenvalue weighted by Crippen LogP contribution is -2.43. The number of para-hydroxylation sites is 2. The summed E-state index contributed by atoms with van der Waals surface area (Å²) in [5.74, 6) is -0.731. The number of imide groups is 1. The number of thiophene rings is 1. The van der Waals surface area contributed by atoms with Gasteiger partial charge in [0.15, 0.2) is 5.54 Å². The summed E-state index contributed by atoms with van der Waals surface area (Å²) in [5.41, 5.74) is 2.57. The van der Waals surface area contributed by atoms with E-state index >= 15 is 0 Å². The van der Waals surface area contributed by atoms with Gasteiger partial charge in [-0.1, -0.05) is 42.5 Å². The number of anilines is 2. The molecule has 1 aromatic heterocycles. The Morgan fingerprint density at radius 3 is 2.16 bits per heavy atom. The van der Waals surface area contributed by atoms with Crippen molar-refractivity contribution in [2.45, 2.75) is 25.3 Å². The zero-order chi connectivity index (χ0) is 21.6. The molecule has 5 rings (SSSR count). The number of benzene rings is 2. The van der Waals surface area contributed by atoms with E-state index in [1.165, 1.54) is 11.3 Å². The van der Waals surface area contributed by atoms with Gasteiger partial charge in [0, 0.05) is 4.88 Å². The van der Waals surface area contributed by atoms with Gasteiger partial charge < -0.3 is 5.32 Å². The molecule has 6 nitrogen and oxygen atoms in total. The molecule has 3 heterocycles. The fourth-order valence-corrected chi connectivity index (χ4v) is 5.16. The molecule has 2 aliphatic rings. The van der Waals surface area contributed by atoms with Gasteiger partial charge in [-0.15, -0.1) is 11.3 Å².